The average molecular weight is 254 g/mol. The van der Waals surface area contributed by atoms with E-state index < -0.39 is 5.54 Å². The zero-order valence-electron chi connectivity index (χ0n) is 11.4. The summed E-state index contributed by atoms with van der Waals surface area (Å²) < 4.78 is 5.32. The highest BCUT2D eigenvalue weighted by Gasteiger charge is 2.43. The van der Waals surface area contributed by atoms with E-state index in [0.29, 0.717) is 12.5 Å². The maximum Gasteiger partial charge on any atom is 0.248 e. The molecule has 5 nitrogen and oxygen atoms in total. The smallest absolute Gasteiger partial charge is 0.248 e. The van der Waals surface area contributed by atoms with Gasteiger partial charge in [-0.05, 0) is 39.5 Å². The first-order chi connectivity index (χ1) is 8.42. The summed E-state index contributed by atoms with van der Waals surface area (Å²) in [6, 6.07) is -0.367. The van der Waals surface area contributed by atoms with Gasteiger partial charge in [-0.3, -0.25) is 9.59 Å². The van der Waals surface area contributed by atoms with Crippen molar-refractivity contribution >= 4 is 11.8 Å². The second kappa shape index (κ2) is 4.88. The van der Waals surface area contributed by atoms with E-state index in [9.17, 15) is 9.59 Å². The number of piperazine rings is 1. The van der Waals surface area contributed by atoms with E-state index in [0.717, 1.165) is 26.1 Å². The minimum absolute atomic E-state index is 0.0149. The van der Waals surface area contributed by atoms with E-state index in [1.54, 1.807) is 25.7 Å². The summed E-state index contributed by atoms with van der Waals surface area (Å²) >= 11 is 0. The molecule has 1 unspecified atom stereocenters. The highest BCUT2D eigenvalue weighted by Crippen LogP contribution is 2.23. The molecule has 0 radical (unpaired) electrons. The lowest BCUT2D eigenvalue weighted by Gasteiger charge is -2.43. The summed E-state index contributed by atoms with van der Waals surface area (Å²) in [5.74, 6) is 0.402. The number of carbonyl (C=O) groups excluding carboxylic acids is 2. The van der Waals surface area contributed by atoms with Crippen molar-refractivity contribution in [3.63, 3.8) is 0 Å². The Morgan fingerprint density at radius 3 is 2.56 bits per heavy atom. The van der Waals surface area contributed by atoms with Crippen LogP contribution in [-0.2, 0) is 14.3 Å². The molecule has 2 aliphatic heterocycles. The molecule has 0 aromatic heterocycles. The quantitative estimate of drug-likeness (QED) is 0.782. The van der Waals surface area contributed by atoms with Gasteiger partial charge in [-0.15, -0.1) is 0 Å². The van der Waals surface area contributed by atoms with Crippen LogP contribution in [-0.4, -0.2) is 48.1 Å². The molecule has 0 spiro atoms. The Bertz CT molecular complexity index is 348. The van der Waals surface area contributed by atoms with Crippen molar-refractivity contribution in [3.05, 3.63) is 0 Å². The van der Waals surface area contributed by atoms with Crippen LogP contribution in [0.2, 0.25) is 0 Å². The average Bonchev–Trinajstić information content (AvgIpc) is 2.33. The van der Waals surface area contributed by atoms with Gasteiger partial charge >= 0.3 is 0 Å². The van der Waals surface area contributed by atoms with Gasteiger partial charge in [-0.25, -0.2) is 0 Å². The van der Waals surface area contributed by atoms with Gasteiger partial charge in [0.1, 0.15) is 11.6 Å². The molecule has 2 saturated heterocycles. The summed E-state index contributed by atoms with van der Waals surface area (Å²) in [6.07, 6.45) is 1.94. The predicted molar refractivity (Wildman–Crippen MR) is 66.9 cm³/mol. The van der Waals surface area contributed by atoms with E-state index in [-0.39, 0.29) is 17.9 Å². The number of carbonyl (C=O) groups is 2. The monoisotopic (exact) mass is 254 g/mol. The van der Waals surface area contributed by atoms with Crippen LogP contribution in [0.15, 0.2) is 0 Å². The van der Waals surface area contributed by atoms with Crippen LogP contribution in [0.4, 0.5) is 0 Å². The Morgan fingerprint density at radius 2 is 1.94 bits per heavy atom. The van der Waals surface area contributed by atoms with Crippen molar-refractivity contribution in [2.24, 2.45) is 5.92 Å². The van der Waals surface area contributed by atoms with Gasteiger partial charge in [0, 0.05) is 19.8 Å². The van der Waals surface area contributed by atoms with E-state index in [1.165, 1.54) is 0 Å². The second-order valence-corrected chi connectivity index (χ2v) is 5.80. The predicted octanol–water partition coefficient (Wildman–Crippen LogP) is 0.538. The van der Waals surface area contributed by atoms with Crippen LogP contribution in [0, 0.1) is 5.92 Å². The lowest BCUT2D eigenvalue weighted by molar-refractivity contribution is -0.154. The molecule has 18 heavy (non-hydrogen) atoms. The summed E-state index contributed by atoms with van der Waals surface area (Å²) in [5, 5.41) is 2.77. The molecule has 0 saturated carbocycles. The molecule has 2 rings (SSSR count). The van der Waals surface area contributed by atoms with Crippen LogP contribution < -0.4 is 5.32 Å². The van der Waals surface area contributed by atoms with Gasteiger partial charge in [-0.2, -0.15) is 0 Å². The number of hydrogen-bond donors (Lipinski definition) is 1. The number of nitrogens with one attached hydrogen (secondary N) is 1. The van der Waals surface area contributed by atoms with Crippen molar-refractivity contribution in [2.45, 2.75) is 45.2 Å². The molecule has 2 fully saturated rings. The highest BCUT2D eigenvalue weighted by molar-refractivity contribution is 5.99. The molecular weight excluding hydrogens is 232 g/mol. The molecule has 1 atom stereocenters. The summed E-state index contributed by atoms with van der Waals surface area (Å²) in [5.41, 5.74) is -0.783. The zero-order valence-corrected chi connectivity index (χ0v) is 11.4. The zero-order chi connectivity index (χ0) is 13.3. The van der Waals surface area contributed by atoms with Crippen molar-refractivity contribution < 1.29 is 14.3 Å². The third kappa shape index (κ3) is 2.51. The van der Waals surface area contributed by atoms with Crippen LogP contribution in [0.1, 0.15) is 33.6 Å². The summed E-state index contributed by atoms with van der Waals surface area (Å²) in [4.78, 5) is 26.0. The van der Waals surface area contributed by atoms with Gasteiger partial charge in [-0.1, -0.05) is 0 Å². The molecule has 0 bridgehead atoms. The molecule has 2 heterocycles. The number of amides is 2. The van der Waals surface area contributed by atoms with Gasteiger partial charge in [0.15, 0.2) is 0 Å². The molecule has 1 N–H and O–H groups in total. The molecule has 5 heteroatoms. The first-order valence-electron chi connectivity index (χ1n) is 6.62. The van der Waals surface area contributed by atoms with Crippen LogP contribution >= 0.6 is 0 Å². The molecule has 102 valence electrons. The molecule has 0 aromatic rings. The van der Waals surface area contributed by atoms with Gasteiger partial charge in [0.2, 0.25) is 11.8 Å². The SMILES string of the molecule is CC1C(=O)NC(C)(C)C(=O)N1CC1CCOCC1. The lowest BCUT2D eigenvalue weighted by atomic mass is 9.93. The number of rotatable bonds is 2. The van der Waals surface area contributed by atoms with E-state index in [4.69, 9.17) is 4.74 Å². The van der Waals surface area contributed by atoms with Crippen molar-refractivity contribution in [1.29, 1.82) is 0 Å². The topological polar surface area (TPSA) is 58.6 Å². The molecule has 0 aromatic carbocycles. The Hall–Kier alpha value is -1.10. The van der Waals surface area contributed by atoms with E-state index >= 15 is 0 Å². The van der Waals surface area contributed by atoms with Crippen molar-refractivity contribution in [2.75, 3.05) is 19.8 Å². The van der Waals surface area contributed by atoms with Crippen molar-refractivity contribution in [1.82, 2.24) is 10.2 Å². The number of hydrogen-bond acceptors (Lipinski definition) is 3. The van der Waals surface area contributed by atoms with Gasteiger partial charge in [0.25, 0.3) is 0 Å². The number of ether oxygens (including phenoxy) is 1. The fourth-order valence-electron chi connectivity index (χ4n) is 2.59. The molecule has 0 aliphatic carbocycles. The van der Waals surface area contributed by atoms with Crippen LogP contribution in [0.25, 0.3) is 0 Å². The van der Waals surface area contributed by atoms with Crippen LogP contribution in [0.5, 0.6) is 0 Å². The van der Waals surface area contributed by atoms with E-state index in [1.807, 2.05) is 0 Å². The maximum atomic E-state index is 12.4. The normalized spacial score (nSPS) is 29.3. The standard InChI is InChI=1S/C13H22N2O3/c1-9-11(16)14-13(2,3)12(17)15(9)8-10-4-6-18-7-5-10/h9-10H,4-8H2,1-3H3,(H,14,16). The minimum atomic E-state index is -0.783. The maximum absolute atomic E-state index is 12.4. The molecule has 2 amide bonds. The van der Waals surface area contributed by atoms with Gasteiger partial charge in [0.05, 0.1) is 0 Å². The van der Waals surface area contributed by atoms with Gasteiger partial charge < -0.3 is 15.0 Å². The first-order valence-corrected chi connectivity index (χ1v) is 6.62. The Balaban J connectivity index is 2.08. The second-order valence-electron chi connectivity index (χ2n) is 5.80. The van der Waals surface area contributed by atoms with Crippen LogP contribution in [0.3, 0.4) is 0 Å². The highest BCUT2D eigenvalue weighted by atomic mass is 16.5. The Morgan fingerprint density at radius 1 is 1.33 bits per heavy atom. The van der Waals surface area contributed by atoms with E-state index in [2.05, 4.69) is 5.32 Å². The minimum Gasteiger partial charge on any atom is -0.381 e. The summed E-state index contributed by atoms with van der Waals surface area (Å²) in [7, 11) is 0. The first kappa shape index (κ1) is 13.3. The fourth-order valence-corrected chi connectivity index (χ4v) is 2.59. The lowest BCUT2D eigenvalue weighted by Crippen LogP contribution is -2.67. The fraction of sp³-hybridized carbons (Fsp3) is 0.846. The largest absolute Gasteiger partial charge is 0.381 e. The van der Waals surface area contributed by atoms with Crippen molar-refractivity contribution in [3.8, 4) is 0 Å². The number of nitrogens with zero attached hydrogens (tertiary/aromatic N) is 1. The summed E-state index contributed by atoms with van der Waals surface area (Å²) in [6.45, 7) is 7.50. The molecule has 2 aliphatic rings. The molecular formula is C13H22N2O3. The Kier molecular flexibility index (Phi) is 3.61. The Labute approximate surface area is 108 Å². The third-order valence-electron chi connectivity index (χ3n) is 3.87. The third-order valence-corrected chi connectivity index (χ3v) is 3.87.